The number of ether oxygens (including phenoxy) is 2. The summed E-state index contributed by atoms with van der Waals surface area (Å²) in [5.41, 5.74) is 3.20. The Kier molecular flexibility index (Phi) is 10.3. The molecule has 160 valence electrons. The minimum Gasteiger partial charge on any atom is -0.490 e. The van der Waals surface area contributed by atoms with Gasteiger partial charge in [-0.3, -0.25) is 0 Å². The molecule has 3 aromatic carbocycles. The van der Waals surface area contributed by atoms with Gasteiger partial charge in [-0.1, -0.05) is 53.5 Å². The first-order valence-corrected chi connectivity index (χ1v) is 10.9. The van der Waals surface area contributed by atoms with E-state index in [4.69, 9.17) is 32.7 Å². The van der Waals surface area contributed by atoms with E-state index in [2.05, 4.69) is 21.2 Å². The molecule has 0 amide bonds. The average Bonchev–Trinajstić information content (AvgIpc) is 2.70. The highest BCUT2D eigenvalue weighted by Crippen LogP contribution is 2.37. The summed E-state index contributed by atoms with van der Waals surface area (Å²) in [6.07, 6.45) is 0. The van der Waals surface area contributed by atoms with Crippen LogP contribution in [-0.2, 0) is 19.7 Å². The van der Waals surface area contributed by atoms with Crippen molar-refractivity contribution in [3.8, 4) is 11.5 Å². The summed E-state index contributed by atoms with van der Waals surface area (Å²) in [7, 11) is 0. The molecule has 0 fully saturated rings. The second-order valence-electron chi connectivity index (χ2n) is 6.45. The van der Waals surface area contributed by atoms with Crippen LogP contribution in [0.2, 0.25) is 10.0 Å². The molecule has 0 aromatic heterocycles. The molecule has 3 aromatic rings. The van der Waals surface area contributed by atoms with Crippen LogP contribution >= 0.6 is 51.5 Å². The van der Waals surface area contributed by atoms with Crippen LogP contribution in [-0.4, -0.2) is 6.61 Å². The Morgan fingerprint density at radius 2 is 1.63 bits per heavy atom. The maximum absolute atomic E-state index is 6.22. The smallest absolute Gasteiger partial charge is 0.175 e. The van der Waals surface area contributed by atoms with Crippen LogP contribution in [0.5, 0.6) is 11.5 Å². The molecule has 7 heteroatoms. The average molecular weight is 532 g/mol. The van der Waals surface area contributed by atoms with E-state index in [1.807, 2.05) is 67.6 Å². The standard InChI is InChI=1S/C23H22BrCl2NO2.ClH/c1-2-28-22-12-17(13-27-14-18-5-3-4-6-21(18)26)11-20(24)23(22)29-15-16-7-9-19(25)10-8-16;/h3-12,27H,2,13-15H2,1H3;1H. The summed E-state index contributed by atoms with van der Waals surface area (Å²) >= 11 is 15.8. The highest BCUT2D eigenvalue weighted by molar-refractivity contribution is 9.10. The van der Waals surface area contributed by atoms with E-state index >= 15 is 0 Å². The van der Waals surface area contributed by atoms with Gasteiger partial charge in [-0.15, -0.1) is 12.4 Å². The first kappa shape index (κ1) is 24.8. The Bertz CT molecular complexity index is 952. The fourth-order valence-electron chi connectivity index (χ4n) is 2.85. The molecule has 0 spiro atoms. The van der Waals surface area contributed by atoms with Crippen molar-refractivity contribution in [1.29, 1.82) is 0 Å². The fourth-order valence-corrected chi connectivity index (χ4v) is 3.78. The van der Waals surface area contributed by atoms with Crippen LogP contribution in [0.1, 0.15) is 23.6 Å². The van der Waals surface area contributed by atoms with E-state index in [0.29, 0.717) is 42.8 Å². The molecule has 0 unspecified atom stereocenters. The van der Waals surface area contributed by atoms with Crippen LogP contribution < -0.4 is 14.8 Å². The topological polar surface area (TPSA) is 30.5 Å². The predicted molar refractivity (Wildman–Crippen MR) is 130 cm³/mol. The van der Waals surface area contributed by atoms with E-state index in [1.54, 1.807) is 0 Å². The number of benzene rings is 3. The normalized spacial score (nSPS) is 10.4. The van der Waals surface area contributed by atoms with E-state index in [-0.39, 0.29) is 12.4 Å². The van der Waals surface area contributed by atoms with Gasteiger partial charge in [0.05, 0.1) is 11.1 Å². The van der Waals surface area contributed by atoms with Crippen LogP contribution in [0.25, 0.3) is 0 Å². The van der Waals surface area contributed by atoms with Gasteiger partial charge < -0.3 is 14.8 Å². The molecule has 0 saturated carbocycles. The monoisotopic (exact) mass is 529 g/mol. The second kappa shape index (κ2) is 12.4. The molecule has 1 N–H and O–H groups in total. The Hall–Kier alpha value is -1.43. The minimum absolute atomic E-state index is 0. The lowest BCUT2D eigenvalue weighted by Crippen LogP contribution is -2.13. The second-order valence-corrected chi connectivity index (χ2v) is 8.15. The van der Waals surface area contributed by atoms with Gasteiger partial charge >= 0.3 is 0 Å². The molecule has 0 radical (unpaired) electrons. The third-order valence-corrected chi connectivity index (χ3v) is 5.48. The van der Waals surface area contributed by atoms with E-state index < -0.39 is 0 Å². The number of hydrogen-bond donors (Lipinski definition) is 1. The maximum atomic E-state index is 6.22. The van der Waals surface area contributed by atoms with Crippen molar-refractivity contribution in [3.63, 3.8) is 0 Å². The predicted octanol–water partition coefficient (Wildman–Crippen LogP) is 7.45. The van der Waals surface area contributed by atoms with Gasteiger partial charge in [0.15, 0.2) is 11.5 Å². The van der Waals surface area contributed by atoms with E-state index in [0.717, 1.165) is 26.2 Å². The summed E-state index contributed by atoms with van der Waals surface area (Å²) in [6.45, 7) is 4.32. The van der Waals surface area contributed by atoms with Crippen molar-refractivity contribution >= 4 is 51.5 Å². The molecule has 0 saturated heterocycles. The first-order valence-electron chi connectivity index (χ1n) is 9.33. The molecule has 3 rings (SSSR count). The molecule has 0 aliphatic heterocycles. The Balaban J connectivity index is 0.00000320. The van der Waals surface area contributed by atoms with Crippen LogP contribution in [0.15, 0.2) is 65.1 Å². The van der Waals surface area contributed by atoms with E-state index in [9.17, 15) is 0 Å². The molecule has 0 atom stereocenters. The molecule has 0 bridgehead atoms. The van der Waals surface area contributed by atoms with Crippen molar-refractivity contribution in [1.82, 2.24) is 5.32 Å². The van der Waals surface area contributed by atoms with Gasteiger partial charge in [-0.05, 0) is 69.9 Å². The van der Waals surface area contributed by atoms with Gasteiger partial charge in [0, 0.05) is 23.1 Å². The van der Waals surface area contributed by atoms with Gasteiger partial charge in [0.2, 0.25) is 0 Å². The summed E-state index contributed by atoms with van der Waals surface area (Å²) in [6, 6.07) is 19.5. The fraction of sp³-hybridized carbons (Fsp3) is 0.217. The molecular formula is C23H23BrCl3NO2. The summed E-state index contributed by atoms with van der Waals surface area (Å²) in [5, 5.41) is 4.90. The van der Waals surface area contributed by atoms with Crippen LogP contribution in [0, 0.1) is 0 Å². The SMILES string of the molecule is CCOc1cc(CNCc2ccccc2Cl)cc(Br)c1OCc1ccc(Cl)cc1.Cl. The van der Waals surface area contributed by atoms with Crippen molar-refractivity contribution in [2.75, 3.05) is 6.61 Å². The number of nitrogens with one attached hydrogen (secondary N) is 1. The zero-order valence-electron chi connectivity index (χ0n) is 16.5. The Morgan fingerprint density at radius 3 is 2.33 bits per heavy atom. The van der Waals surface area contributed by atoms with Crippen LogP contribution in [0.3, 0.4) is 0 Å². The largest absolute Gasteiger partial charge is 0.490 e. The van der Waals surface area contributed by atoms with Crippen molar-refractivity contribution in [2.45, 2.75) is 26.6 Å². The minimum atomic E-state index is 0. The highest BCUT2D eigenvalue weighted by Gasteiger charge is 2.13. The number of rotatable bonds is 9. The molecule has 30 heavy (non-hydrogen) atoms. The van der Waals surface area contributed by atoms with Gasteiger partial charge in [0.25, 0.3) is 0 Å². The summed E-state index contributed by atoms with van der Waals surface area (Å²) < 4.78 is 12.7. The van der Waals surface area contributed by atoms with E-state index in [1.165, 1.54) is 0 Å². The zero-order chi connectivity index (χ0) is 20.6. The number of halogens is 4. The molecule has 0 aliphatic rings. The molecule has 0 aliphatic carbocycles. The van der Waals surface area contributed by atoms with Crippen molar-refractivity contribution in [3.05, 3.63) is 91.9 Å². The number of hydrogen-bond acceptors (Lipinski definition) is 3. The molecule has 0 heterocycles. The summed E-state index contributed by atoms with van der Waals surface area (Å²) in [5.74, 6) is 1.40. The molecule has 3 nitrogen and oxygen atoms in total. The third-order valence-electron chi connectivity index (χ3n) is 4.27. The lowest BCUT2D eigenvalue weighted by molar-refractivity contribution is 0.267. The zero-order valence-corrected chi connectivity index (χ0v) is 20.4. The van der Waals surface area contributed by atoms with Crippen molar-refractivity contribution < 1.29 is 9.47 Å². The Labute approximate surface area is 202 Å². The van der Waals surface area contributed by atoms with Gasteiger partial charge in [-0.25, -0.2) is 0 Å². The van der Waals surface area contributed by atoms with Gasteiger partial charge in [-0.2, -0.15) is 0 Å². The van der Waals surface area contributed by atoms with Crippen LogP contribution in [0.4, 0.5) is 0 Å². The maximum Gasteiger partial charge on any atom is 0.175 e. The first-order chi connectivity index (χ1) is 14.1. The van der Waals surface area contributed by atoms with Gasteiger partial charge in [0.1, 0.15) is 6.61 Å². The molecular weight excluding hydrogens is 509 g/mol. The summed E-state index contributed by atoms with van der Waals surface area (Å²) in [4.78, 5) is 0. The lowest BCUT2D eigenvalue weighted by Gasteiger charge is -2.16. The highest BCUT2D eigenvalue weighted by atomic mass is 79.9. The van der Waals surface area contributed by atoms with Crippen molar-refractivity contribution in [2.24, 2.45) is 0 Å². The Morgan fingerprint density at radius 1 is 0.900 bits per heavy atom. The third kappa shape index (κ3) is 7.07. The quantitative estimate of drug-likeness (QED) is 0.311. The lowest BCUT2D eigenvalue weighted by atomic mass is 10.1.